The van der Waals surface area contributed by atoms with Gasteiger partial charge in [-0.2, -0.15) is 0 Å². The van der Waals surface area contributed by atoms with Gasteiger partial charge in [0.05, 0.1) is 6.54 Å². The molecule has 1 aromatic carbocycles. The second-order valence-electron chi connectivity index (χ2n) is 8.61. The third-order valence-electron chi connectivity index (χ3n) is 6.43. The van der Waals surface area contributed by atoms with Gasteiger partial charge < -0.3 is 20.3 Å². The minimum absolute atomic E-state index is 0. The summed E-state index contributed by atoms with van der Waals surface area (Å²) in [5, 5.41) is 7.15. The molecule has 30 heavy (non-hydrogen) atoms. The summed E-state index contributed by atoms with van der Waals surface area (Å²) in [7, 11) is 4.34. The number of rotatable bonds is 7. The van der Waals surface area contributed by atoms with Crippen LogP contribution in [0, 0.1) is 0 Å². The highest BCUT2D eigenvalue weighted by atomic mass is 127. The third kappa shape index (κ3) is 7.35. The molecule has 3 rings (SSSR count). The largest absolute Gasteiger partial charge is 0.381 e. The minimum atomic E-state index is 0. The highest BCUT2D eigenvalue weighted by Crippen LogP contribution is 2.26. The van der Waals surface area contributed by atoms with Crippen molar-refractivity contribution in [3.8, 4) is 0 Å². The SMILES string of the molecule is CCNC(=NCC1(N(C)C)CCOCC1)NC1CCN(Cc2ccccc2)CC1.I. The van der Waals surface area contributed by atoms with Crippen molar-refractivity contribution in [3.05, 3.63) is 35.9 Å². The van der Waals surface area contributed by atoms with Crippen LogP contribution in [0.2, 0.25) is 0 Å². The lowest BCUT2D eigenvalue weighted by molar-refractivity contribution is -0.00256. The quantitative estimate of drug-likeness (QED) is 0.323. The molecule has 2 heterocycles. The van der Waals surface area contributed by atoms with Gasteiger partial charge in [-0.15, -0.1) is 24.0 Å². The lowest BCUT2D eigenvalue weighted by Crippen LogP contribution is -2.52. The van der Waals surface area contributed by atoms with Gasteiger partial charge >= 0.3 is 0 Å². The molecule has 2 N–H and O–H groups in total. The van der Waals surface area contributed by atoms with Gasteiger partial charge in [0.15, 0.2) is 5.96 Å². The van der Waals surface area contributed by atoms with Gasteiger partial charge in [0.2, 0.25) is 0 Å². The number of benzene rings is 1. The van der Waals surface area contributed by atoms with Crippen LogP contribution in [-0.4, -0.2) is 80.8 Å². The van der Waals surface area contributed by atoms with Gasteiger partial charge in [-0.05, 0) is 52.3 Å². The van der Waals surface area contributed by atoms with Crippen LogP contribution in [0.25, 0.3) is 0 Å². The molecule has 2 aliphatic heterocycles. The Morgan fingerprint density at radius 2 is 1.83 bits per heavy atom. The van der Waals surface area contributed by atoms with Crippen LogP contribution in [0.4, 0.5) is 0 Å². The van der Waals surface area contributed by atoms with Gasteiger partial charge in [-0.3, -0.25) is 9.89 Å². The summed E-state index contributed by atoms with van der Waals surface area (Å²) in [6.07, 6.45) is 4.40. The molecular formula is C23H40IN5O. The molecule has 0 saturated carbocycles. The molecule has 2 fully saturated rings. The average Bonchev–Trinajstić information content (AvgIpc) is 2.75. The number of nitrogens with one attached hydrogen (secondary N) is 2. The minimum Gasteiger partial charge on any atom is -0.381 e. The Morgan fingerprint density at radius 1 is 1.17 bits per heavy atom. The normalized spacial score (nSPS) is 20.6. The van der Waals surface area contributed by atoms with E-state index in [0.717, 1.165) is 77.6 Å². The molecule has 0 amide bonds. The van der Waals surface area contributed by atoms with Crippen molar-refractivity contribution in [1.82, 2.24) is 20.4 Å². The number of guanidine groups is 1. The lowest BCUT2D eigenvalue weighted by Gasteiger charge is -2.42. The Hall–Kier alpha value is -0.900. The number of piperidine rings is 1. The molecule has 2 aliphatic rings. The summed E-state index contributed by atoms with van der Waals surface area (Å²) >= 11 is 0. The van der Waals surface area contributed by atoms with Crippen molar-refractivity contribution >= 4 is 29.9 Å². The van der Waals surface area contributed by atoms with Crippen molar-refractivity contribution in [2.45, 2.75) is 50.7 Å². The van der Waals surface area contributed by atoms with E-state index in [2.05, 4.69) is 71.8 Å². The van der Waals surface area contributed by atoms with Crippen molar-refractivity contribution in [2.75, 3.05) is 53.5 Å². The van der Waals surface area contributed by atoms with E-state index in [1.807, 2.05) is 0 Å². The second kappa shape index (κ2) is 12.8. The smallest absolute Gasteiger partial charge is 0.191 e. The molecule has 170 valence electrons. The molecule has 0 aromatic heterocycles. The van der Waals surface area contributed by atoms with Crippen molar-refractivity contribution in [2.24, 2.45) is 4.99 Å². The van der Waals surface area contributed by atoms with Crippen LogP contribution < -0.4 is 10.6 Å². The number of ether oxygens (including phenoxy) is 1. The summed E-state index contributed by atoms with van der Waals surface area (Å²) in [6.45, 7) is 8.80. The number of likely N-dealkylation sites (N-methyl/N-ethyl adjacent to an activating group) is 1. The molecular weight excluding hydrogens is 489 g/mol. The number of aliphatic imine (C=N–C) groups is 1. The van der Waals surface area contributed by atoms with Crippen LogP contribution >= 0.6 is 24.0 Å². The molecule has 0 spiro atoms. The molecule has 0 unspecified atom stereocenters. The van der Waals surface area contributed by atoms with E-state index in [1.165, 1.54) is 5.56 Å². The van der Waals surface area contributed by atoms with E-state index in [1.54, 1.807) is 0 Å². The Labute approximate surface area is 199 Å². The Kier molecular flexibility index (Phi) is 10.8. The fraction of sp³-hybridized carbons (Fsp3) is 0.696. The highest BCUT2D eigenvalue weighted by molar-refractivity contribution is 14.0. The number of hydrogen-bond acceptors (Lipinski definition) is 4. The van der Waals surface area contributed by atoms with Gasteiger partial charge in [-0.25, -0.2) is 0 Å². The predicted molar refractivity (Wildman–Crippen MR) is 136 cm³/mol. The van der Waals surface area contributed by atoms with Crippen LogP contribution in [0.5, 0.6) is 0 Å². The zero-order chi connectivity index (χ0) is 20.5. The summed E-state index contributed by atoms with van der Waals surface area (Å²) in [5.41, 5.74) is 1.51. The first-order valence-corrected chi connectivity index (χ1v) is 11.2. The van der Waals surface area contributed by atoms with E-state index in [9.17, 15) is 0 Å². The van der Waals surface area contributed by atoms with Crippen molar-refractivity contribution in [1.29, 1.82) is 0 Å². The first kappa shape index (κ1) is 25.4. The third-order valence-corrected chi connectivity index (χ3v) is 6.43. The fourth-order valence-electron chi connectivity index (χ4n) is 4.31. The molecule has 6 nitrogen and oxygen atoms in total. The summed E-state index contributed by atoms with van der Waals surface area (Å²) < 4.78 is 5.59. The van der Waals surface area contributed by atoms with Gasteiger partial charge in [0, 0.05) is 51.0 Å². The zero-order valence-corrected chi connectivity index (χ0v) is 21.2. The molecule has 0 aliphatic carbocycles. The van der Waals surface area contributed by atoms with Gasteiger partial charge in [0.25, 0.3) is 0 Å². The molecule has 0 atom stereocenters. The van der Waals surface area contributed by atoms with Gasteiger partial charge in [0.1, 0.15) is 0 Å². The zero-order valence-electron chi connectivity index (χ0n) is 18.9. The summed E-state index contributed by atoms with van der Waals surface area (Å²) in [6, 6.07) is 11.3. The standard InChI is InChI=1S/C23H39N5O.HI/c1-4-24-22(25-19-23(27(2)3)12-16-29-17-13-23)26-21-10-14-28(15-11-21)18-20-8-6-5-7-9-20;/h5-9,21H,4,10-19H2,1-3H3,(H2,24,25,26);1H. The number of hydrogen-bond donors (Lipinski definition) is 2. The van der Waals surface area contributed by atoms with Gasteiger partial charge in [-0.1, -0.05) is 30.3 Å². The fourth-order valence-corrected chi connectivity index (χ4v) is 4.31. The number of halogens is 1. The number of nitrogens with zero attached hydrogens (tertiary/aromatic N) is 3. The van der Waals surface area contributed by atoms with E-state index in [-0.39, 0.29) is 29.5 Å². The van der Waals surface area contributed by atoms with E-state index >= 15 is 0 Å². The maximum Gasteiger partial charge on any atom is 0.191 e. The van der Waals surface area contributed by atoms with Crippen LogP contribution in [0.1, 0.15) is 38.2 Å². The molecule has 2 saturated heterocycles. The first-order chi connectivity index (χ1) is 14.1. The monoisotopic (exact) mass is 529 g/mol. The molecule has 7 heteroatoms. The topological polar surface area (TPSA) is 52.1 Å². The van der Waals surface area contributed by atoms with E-state index in [4.69, 9.17) is 9.73 Å². The first-order valence-electron chi connectivity index (χ1n) is 11.2. The van der Waals surface area contributed by atoms with Crippen LogP contribution in [-0.2, 0) is 11.3 Å². The van der Waals surface area contributed by atoms with Crippen molar-refractivity contribution < 1.29 is 4.74 Å². The maximum absolute atomic E-state index is 5.59. The molecule has 1 aromatic rings. The van der Waals surface area contributed by atoms with Crippen molar-refractivity contribution in [3.63, 3.8) is 0 Å². The number of likely N-dealkylation sites (tertiary alicyclic amines) is 1. The molecule has 0 radical (unpaired) electrons. The maximum atomic E-state index is 5.59. The van der Waals surface area contributed by atoms with E-state index in [0.29, 0.717) is 6.04 Å². The Morgan fingerprint density at radius 3 is 2.43 bits per heavy atom. The summed E-state index contributed by atoms with van der Waals surface area (Å²) in [4.78, 5) is 9.89. The predicted octanol–water partition coefficient (Wildman–Crippen LogP) is 2.93. The van der Waals surface area contributed by atoms with Crippen LogP contribution in [0.3, 0.4) is 0 Å². The molecule has 0 bridgehead atoms. The summed E-state index contributed by atoms with van der Waals surface area (Å²) in [5.74, 6) is 0.960. The highest BCUT2D eigenvalue weighted by Gasteiger charge is 2.34. The lowest BCUT2D eigenvalue weighted by atomic mass is 9.89. The average molecular weight is 530 g/mol. The Bertz CT molecular complexity index is 626. The van der Waals surface area contributed by atoms with E-state index < -0.39 is 0 Å². The van der Waals surface area contributed by atoms with Crippen LogP contribution in [0.15, 0.2) is 35.3 Å². The Balaban J connectivity index is 0.00000320. The second-order valence-corrected chi connectivity index (χ2v) is 8.61.